The van der Waals surface area contributed by atoms with Crippen LogP contribution in [0.3, 0.4) is 0 Å². The third kappa shape index (κ3) is 3.34. The van der Waals surface area contributed by atoms with Crippen LogP contribution < -0.4 is 5.32 Å². The predicted octanol–water partition coefficient (Wildman–Crippen LogP) is 3.96. The Labute approximate surface area is 149 Å². The fourth-order valence-electron chi connectivity index (χ4n) is 2.77. The van der Waals surface area contributed by atoms with Gasteiger partial charge in [0.05, 0.1) is 5.39 Å². The van der Waals surface area contributed by atoms with Crippen molar-refractivity contribution in [3.8, 4) is 11.4 Å². The number of nitrogens with one attached hydrogen (secondary N) is 3. The maximum absolute atomic E-state index is 6.11. The lowest BCUT2D eigenvalue weighted by atomic mass is 10.2. The molecule has 0 unspecified atom stereocenters. The van der Waals surface area contributed by atoms with E-state index in [4.69, 9.17) is 16.6 Å². The van der Waals surface area contributed by atoms with E-state index < -0.39 is 0 Å². The first-order valence-electron chi connectivity index (χ1n) is 8.04. The Morgan fingerprint density at radius 1 is 1.20 bits per heavy atom. The van der Waals surface area contributed by atoms with E-state index in [0.29, 0.717) is 10.8 Å². The normalized spacial score (nSPS) is 11.1. The number of nitrogens with zero attached hydrogens (tertiary/aromatic N) is 3. The van der Waals surface area contributed by atoms with Crippen LogP contribution in [0.15, 0.2) is 42.7 Å². The summed E-state index contributed by atoms with van der Waals surface area (Å²) in [6.45, 7) is 2.73. The molecule has 0 saturated carbocycles. The van der Waals surface area contributed by atoms with Gasteiger partial charge in [-0.1, -0.05) is 23.7 Å². The molecular weight excluding hydrogens is 336 g/mol. The predicted molar refractivity (Wildman–Crippen MR) is 99.9 cm³/mol. The average Bonchev–Trinajstić information content (AvgIpc) is 3.23. The van der Waals surface area contributed by atoms with E-state index in [2.05, 4.69) is 25.3 Å². The van der Waals surface area contributed by atoms with Crippen LogP contribution in [0.25, 0.3) is 22.4 Å². The molecule has 1 aromatic carbocycles. The van der Waals surface area contributed by atoms with Gasteiger partial charge in [0.2, 0.25) is 0 Å². The maximum atomic E-state index is 6.11. The van der Waals surface area contributed by atoms with Crippen LogP contribution in [0.2, 0.25) is 5.02 Å². The summed E-state index contributed by atoms with van der Waals surface area (Å²) in [6.07, 6.45) is 4.37. The SMILES string of the molecule is Cc1cc2c(NCCc3ncc[nH]3)nc(-c3cccc(Cl)c3)nc2[nH]1. The highest BCUT2D eigenvalue weighted by molar-refractivity contribution is 6.30. The number of hydrogen-bond donors (Lipinski definition) is 3. The lowest BCUT2D eigenvalue weighted by Crippen LogP contribution is -2.08. The first-order valence-corrected chi connectivity index (χ1v) is 8.42. The van der Waals surface area contributed by atoms with Crippen LogP contribution >= 0.6 is 11.6 Å². The van der Waals surface area contributed by atoms with Gasteiger partial charge in [0.15, 0.2) is 5.82 Å². The molecule has 0 amide bonds. The minimum atomic E-state index is 0.636. The number of aryl methyl sites for hydroxylation is 1. The lowest BCUT2D eigenvalue weighted by molar-refractivity contribution is 0.922. The Kier molecular flexibility index (Phi) is 4.11. The Hall–Kier alpha value is -2.86. The molecule has 126 valence electrons. The van der Waals surface area contributed by atoms with Crippen LogP contribution in [-0.4, -0.2) is 31.5 Å². The Bertz CT molecular complexity index is 1010. The number of halogens is 1. The summed E-state index contributed by atoms with van der Waals surface area (Å²) < 4.78 is 0. The van der Waals surface area contributed by atoms with Crippen molar-refractivity contribution < 1.29 is 0 Å². The summed E-state index contributed by atoms with van der Waals surface area (Å²) in [6, 6.07) is 9.60. The van der Waals surface area contributed by atoms with Gasteiger partial charge < -0.3 is 15.3 Å². The standard InChI is InChI=1S/C18H17ClN6/c1-11-9-14-17(22-6-5-15-20-7-8-21-15)24-16(25-18(14)23-11)12-3-2-4-13(19)10-12/h2-4,7-10H,5-6H2,1H3,(H,20,21)(H2,22,23,24,25). The van der Waals surface area contributed by atoms with E-state index in [-0.39, 0.29) is 0 Å². The second-order valence-electron chi connectivity index (χ2n) is 5.83. The van der Waals surface area contributed by atoms with Gasteiger partial charge in [-0.15, -0.1) is 0 Å². The van der Waals surface area contributed by atoms with Crippen molar-refractivity contribution in [1.82, 2.24) is 24.9 Å². The highest BCUT2D eigenvalue weighted by Gasteiger charge is 2.12. The molecule has 4 aromatic rings. The number of H-pyrrole nitrogens is 2. The molecule has 0 atom stereocenters. The summed E-state index contributed by atoms with van der Waals surface area (Å²) in [5.41, 5.74) is 2.74. The fourth-order valence-corrected chi connectivity index (χ4v) is 2.96. The molecule has 0 fully saturated rings. The molecule has 0 saturated heterocycles. The molecular formula is C18H17ClN6. The van der Waals surface area contributed by atoms with Gasteiger partial charge in [0.1, 0.15) is 17.3 Å². The van der Waals surface area contributed by atoms with E-state index in [9.17, 15) is 0 Å². The second kappa shape index (κ2) is 6.57. The van der Waals surface area contributed by atoms with Crippen molar-refractivity contribution in [2.75, 3.05) is 11.9 Å². The maximum Gasteiger partial charge on any atom is 0.163 e. The minimum absolute atomic E-state index is 0.636. The van der Waals surface area contributed by atoms with Gasteiger partial charge in [-0.05, 0) is 25.1 Å². The molecule has 0 radical (unpaired) electrons. The molecule has 0 bridgehead atoms. The van der Waals surface area contributed by atoms with E-state index in [1.54, 1.807) is 6.20 Å². The summed E-state index contributed by atoms with van der Waals surface area (Å²) in [5.74, 6) is 2.38. The molecule has 7 heteroatoms. The molecule has 4 rings (SSSR count). The number of fused-ring (bicyclic) bond motifs is 1. The largest absolute Gasteiger partial charge is 0.369 e. The van der Waals surface area contributed by atoms with Crippen LogP contribution in [0.1, 0.15) is 11.5 Å². The van der Waals surface area contributed by atoms with Crippen molar-refractivity contribution in [2.45, 2.75) is 13.3 Å². The zero-order valence-corrected chi connectivity index (χ0v) is 14.4. The number of rotatable bonds is 5. The zero-order chi connectivity index (χ0) is 17.2. The van der Waals surface area contributed by atoms with Gasteiger partial charge in [0, 0.05) is 41.6 Å². The number of anilines is 1. The molecule has 3 heterocycles. The second-order valence-corrected chi connectivity index (χ2v) is 6.27. The van der Waals surface area contributed by atoms with Crippen LogP contribution in [0, 0.1) is 6.92 Å². The van der Waals surface area contributed by atoms with Gasteiger partial charge in [-0.3, -0.25) is 0 Å². The van der Waals surface area contributed by atoms with E-state index in [1.165, 1.54) is 0 Å². The van der Waals surface area contributed by atoms with Crippen molar-refractivity contribution in [1.29, 1.82) is 0 Å². The van der Waals surface area contributed by atoms with Gasteiger partial charge in [-0.2, -0.15) is 0 Å². The molecule has 0 spiro atoms. The van der Waals surface area contributed by atoms with Gasteiger partial charge in [-0.25, -0.2) is 15.0 Å². The first-order chi connectivity index (χ1) is 12.2. The van der Waals surface area contributed by atoms with E-state index in [1.807, 2.05) is 43.5 Å². The molecule has 25 heavy (non-hydrogen) atoms. The number of benzene rings is 1. The molecule has 0 aliphatic rings. The number of hydrogen-bond acceptors (Lipinski definition) is 4. The van der Waals surface area contributed by atoms with Crippen molar-refractivity contribution in [2.24, 2.45) is 0 Å². The molecule has 6 nitrogen and oxygen atoms in total. The monoisotopic (exact) mass is 352 g/mol. The third-order valence-corrected chi connectivity index (χ3v) is 4.15. The third-order valence-electron chi connectivity index (χ3n) is 3.91. The number of aromatic nitrogens is 5. The molecule has 3 N–H and O–H groups in total. The van der Waals surface area contributed by atoms with Crippen LogP contribution in [0.5, 0.6) is 0 Å². The summed E-state index contributed by atoms with van der Waals surface area (Å²) in [5, 5.41) is 5.04. The van der Waals surface area contributed by atoms with Crippen LogP contribution in [-0.2, 0) is 6.42 Å². The quantitative estimate of drug-likeness (QED) is 0.507. The zero-order valence-electron chi connectivity index (χ0n) is 13.7. The van der Waals surface area contributed by atoms with Crippen molar-refractivity contribution in [3.63, 3.8) is 0 Å². The summed E-state index contributed by atoms with van der Waals surface area (Å²) in [7, 11) is 0. The summed E-state index contributed by atoms with van der Waals surface area (Å²) >= 11 is 6.11. The first kappa shape index (κ1) is 15.7. The molecule has 0 aliphatic heterocycles. The average molecular weight is 353 g/mol. The Morgan fingerprint density at radius 2 is 2.12 bits per heavy atom. The van der Waals surface area contributed by atoms with E-state index >= 15 is 0 Å². The molecule has 0 aliphatic carbocycles. The number of imidazole rings is 1. The smallest absolute Gasteiger partial charge is 0.163 e. The minimum Gasteiger partial charge on any atom is -0.369 e. The highest BCUT2D eigenvalue weighted by Crippen LogP contribution is 2.26. The molecule has 3 aromatic heterocycles. The summed E-state index contributed by atoms with van der Waals surface area (Å²) in [4.78, 5) is 20.0. The van der Waals surface area contributed by atoms with Gasteiger partial charge >= 0.3 is 0 Å². The topological polar surface area (TPSA) is 82.3 Å². The number of aromatic amines is 2. The Balaban J connectivity index is 1.68. The van der Waals surface area contributed by atoms with Crippen molar-refractivity contribution >= 4 is 28.5 Å². The fraction of sp³-hybridized carbons (Fsp3) is 0.167. The highest BCUT2D eigenvalue weighted by atomic mass is 35.5. The Morgan fingerprint density at radius 3 is 2.92 bits per heavy atom. The van der Waals surface area contributed by atoms with Crippen LogP contribution in [0.4, 0.5) is 5.82 Å². The van der Waals surface area contributed by atoms with E-state index in [0.717, 1.165) is 46.9 Å². The van der Waals surface area contributed by atoms with Gasteiger partial charge in [0.25, 0.3) is 0 Å². The van der Waals surface area contributed by atoms with Crippen molar-refractivity contribution in [3.05, 3.63) is 59.3 Å². The lowest BCUT2D eigenvalue weighted by Gasteiger charge is -2.08.